The topological polar surface area (TPSA) is 38.0 Å². The Kier molecular flexibility index (Phi) is 4.91. The van der Waals surface area contributed by atoms with Crippen molar-refractivity contribution in [1.82, 2.24) is 5.32 Å². The lowest BCUT2D eigenvalue weighted by Gasteiger charge is -2.12. The summed E-state index contributed by atoms with van der Waals surface area (Å²) in [5.41, 5.74) is 9.59. The Balaban J connectivity index is 2.67. The number of nitrogens with two attached hydrogens (primary N) is 1. The maximum atomic E-state index is 5.56. The van der Waals surface area contributed by atoms with Crippen molar-refractivity contribution in [3.05, 3.63) is 59.3 Å². The van der Waals surface area contributed by atoms with E-state index >= 15 is 0 Å². The molecule has 3 heteroatoms. The number of benzene rings is 1. The molecule has 0 radical (unpaired) electrons. The average molecular weight is 246 g/mol. The third-order valence-electron chi connectivity index (χ3n) is 2.48. The molecule has 0 aromatic heterocycles. The van der Waals surface area contributed by atoms with E-state index in [1.807, 2.05) is 19.1 Å². The van der Waals surface area contributed by atoms with Gasteiger partial charge in [-0.1, -0.05) is 54.7 Å². The van der Waals surface area contributed by atoms with E-state index in [1.54, 1.807) is 0 Å². The molecule has 17 heavy (non-hydrogen) atoms. The Labute approximate surface area is 108 Å². The molecule has 2 nitrogen and oxygen atoms in total. The first-order chi connectivity index (χ1) is 8.04. The molecule has 0 amide bonds. The van der Waals surface area contributed by atoms with Crippen LogP contribution in [0.1, 0.15) is 18.1 Å². The SMILES string of the molecule is C=C(C(N)=S)/C(=C\C)NCc1cccc(C)c1. The van der Waals surface area contributed by atoms with Crippen LogP contribution in [0.4, 0.5) is 0 Å². The predicted molar refractivity (Wildman–Crippen MR) is 77.7 cm³/mol. The van der Waals surface area contributed by atoms with Crippen LogP contribution in [0, 0.1) is 6.92 Å². The molecule has 90 valence electrons. The number of nitrogens with one attached hydrogen (secondary N) is 1. The lowest BCUT2D eigenvalue weighted by atomic mass is 10.1. The van der Waals surface area contributed by atoms with Gasteiger partial charge in [0.2, 0.25) is 0 Å². The van der Waals surface area contributed by atoms with Crippen molar-refractivity contribution >= 4 is 17.2 Å². The molecule has 0 aliphatic heterocycles. The van der Waals surface area contributed by atoms with Crippen LogP contribution in [-0.2, 0) is 6.54 Å². The van der Waals surface area contributed by atoms with Crippen molar-refractivity contribution < 1.29 is 0 Å². The highest BCUT2D eigenvalue weighted by molar-refractivity contribution is 7.80. The van der Waals surface area contributed by atoms with Gasteiger partial charge < -0.3 is 11.1 Å². The molecular formula is C14H18N2S. The van der Waals surface area contributed by atoms with E-state index in [2.05, 4.69) is 37.0 Å². The largest absolute Gasteiger partial charge is 0.389 e. The van der Waals surface area contributed by atoms with Gasteiger partial charge in [-0.3, -0.25) is 0 Å². The van der Waals surface area contributed by atoms with Gasteiger partial charge in [-0.15, -0.1) is 0 Å². The number of thiocarbonyl (C=S) groups is 1. The molecular weight excluding hydrogens is 228 g/mol. The van der Waals surface area contributed by atoms with Gasteiger partial charge in [0.15, 0.2) is 0 Å². The highest BCUT2D eigenvalue weighted by Crippen LogP contribution is 2.08. The second-order valence-corrected chi connectivity index (χ2v) is 4.33. The lowest BCUT2D eigenvalue weighted by molar-refractivity contribution is 0.825. The minimum Gasteiger partial charge on any atom is -0.389 e. The van der Waals surface area contributed by atoms with Gasteiger partial charge >= 0.3 is 0 Å². The first-order valence-corrected chi connectivity index (χ1v) is 5.90. The molecule has 0 atom stereocenters. The fourth-order valence-electron chi connectivity index (χ4n) is 1.54. The van der Waals surface area contributed by atoms with Crippen LogP contribution >= 0.6 is 12.2 Å². The van der Waals surface area contributed by atoms with Crippen molar-refractivity contribution in [1.29, 1.82) is 0 Å². The van der Waals surface area contributed by atoms with Crippen molar-refractivity contribution in [2.45, 2.75) is 20.4 Å². The Morgan fingerprint density at radius 3 is 2.76 bits per heavy atom. The number of hydrogen-bond acceptors (Lipinski definition) is 2. The van der Waals surface area contributed by atoms with E-state index in [0.29, 0.717) is 10.6 Å². The zero-order valence-corrected chi connectivity index (χ0v) is 11.1. The van der Waals surface area contributed by atoms with Gasteiger partial charge in [0, 0.05) is 17.8 Å². The standard InChI is InChI=1S/C14H18N2S/c1-4-13(11(3)14(15)17)16-9-12-7-5-6-10(2)8-12/h4-8,16H,3,9H2,1-2H3,(H2,15,17)/b13-4+. The van der Waals surface area contributed by atoms with Crippen molar-refractivity contribution in [3.63, 3.8) is 0 Å². The summed E-state index contributed by atoms with van der Waals surface area (Å²) < 4.78 is 0. The van der Waals surface area contributed by atoms with Gasteiger partial charge in [-0.25, -0.2) is 0 Å². The monoisotopic (exact) mass is 246 g/mol. The molecule has 0 aliphatic carbocycles. The summed E-state index contributed by atoms with van der Waals surface area (Å²) in [7, 11) is 0. The summed E-state index contributed by atoms with van der Waals surface area (Å²) in [5, 5.41) is 3.29. The van der Waals surface area contributed by atoms with Crippen LogP contribution in [0.3, 0.4) is 0 Å². The minimum atomic E-state index is 0.329. The Hall–Kier alpha value is -1.61. The molecule has 1 aromatic carbocycles. The first-order valence-electron chi connectivity index (χ1n) is 5.49. The quantitative estimate of drug-likeness (QED) is 0.476. The zero-order valence-electron chi connectivity index (χ0n) is 10.3. The molecule has 0 saturated carbocycles. The molecule has 0 unspecified atom stereocenters. The summed E-state index contributed by atoms with van der Waals surface area (Å²) in [6, 6.07) is 8.35. The normalized spacial score (nSPS) is 11.1. The molecule has 0 aliphatic rings. The molecule has 1 aromatic rings. The second-order valence-electron chi connectivity index (χ2n) is 3.89. The number of aryl methyl sites for hydroxylation is 1. The summed E-state index contributed by atoms with van der Waals surface area (Å²) in [4.78, 5) is 0.329. The molecule has 0 spiro atoms. The first kappa shape index (κ1) is 13.5. The Morgan fingerprint density at radius 1 is 1.53 bits per heavy atom. The van der Waals surface area contributed by atoms with Gasteiger partial charge in [0.1, 0.15) is 4.99 Å². The highest BCUT2D eigenvalue weighted by atomic mass is 32.1. The van der Waals surface area contributed by atoms with Gasteiger partial charge in [0.05, 0.1) is 0 Å². The zero-order chi connectivity index (χ0) is 12.8. The molecule has 0 heterocycles. The number of rotatable bonds is 5. The molecule has 0 saturated heterocycles. The third kappa shape index (κ3) is 4.04. The summed E-state index contributed by atoms with van der Waals surface area (Å²) >= 11 is 4.91. The fraction of sp³-hybridized carbons (Fsp3) is 0.214. The van der Waals surface area contributed by atoms with Crippen LogP contribution in [-0.4, -0.2) is 4.99 Å². The molecule has 0 fully saturated rings. The lowest BCUT2D eigenvalue weighted by Crippen LogP contribution is -2.21. The van der Waals surface area contributed by atoms with E-state index in [0.717, 1.165) is 12.2 Å². The predicted octanol–water partition coefficient (Wildman–Crippen LogP) is 2.83. The smallest absolute Gasteiger partial charge is 0.105 e. The van der Waals surface area contributed by atoms with E-state index in [4.69, 9.17) is 18.0 Å². The molecule has 0 bridgehead atoms. The molecule has 3 N–H and O–H groups in total. The van der Waals surface area contributed by atoms with Crippen LogP contribution in [0.5, 0.6) is 0 Å². The Bertz CT molecular complexity index is 461. The van der Waals surface area contributed by atoms with E-state index in [-0.39, 0.29) is 0 Å². The van der Waals surface area contributed by atoms with Gasteiger partial charge in [-0.2, -0.15) is 0 Å². The van der Waals surface area contributed by atoms with Crippen LogP contribution < -0.4 is 11.1 Å². The van der Waals surface area contributed by atoms with E-state index in [1.165, 1.54) is 11.1 Å². The third-order valence-corrected chi connectivity index (χ3v) is 2.72. The molecule has 1 rings (SSSR count). The maximum Gasteiger partial charge on any atom is 0.105 e. The Morgan fingerprint density at radius 2 is 2.24 bits per heavy atom. The average Bonchev–Trinajstić information content (AvgIpc) is 2.29. The van der Waals surface area contributed by atoms with E-state index < -0.39 is 0 Å². The minimum absolute atomic E-state index is 0.329. The highest BCUT2D eigenvalue weighted by Gasteiger charge is 2.04. The van der Waals surface area contributed by atoms with Crippen LogP contribution in [0.2, 0.25) is 0 Å². The van der Waals surface area contributed by atoms with Crippen LogP contribution in [0.15, 0.2) is 48.2 Å². The van der Waals surface area contributed by atoms with Gasteiger partial charge in [-0.05, 0) is 19.4 Å². The van der Waals surface area contributed by atoms with Crippen molar-refractivity contribution in [2.24, 2.45) is 5.73 Å². The number of allylic oxidation sites excluding steroid dienone is 1. The van der Waals surface area contributed by atoms with Crippen molar-refractivity contribution in [2.75, 3.05) is 0 Å². The number of hydrogen-bond donors (Lipinski definition) is 2. The fourth-order valence-corrected chi connectivity index (χ4v) is 1.65. The second kappa shape index (κ2) is 6.21. The summed E-state index contributed by atoms with van der Waals surface area (Å²) in [6.07, 6.45) is 1.93. The van der Waals surface area contributed by atoms with Gasteiger partial charge in [0.25, 0.3) is 0 Å². The maximum absolute atomic E-state index is 5.56. The van der Waals surface area contributed by atoms with Crippen LogP contribution in [0.25, 0.3) is 0 Å². The summed E-state index contributed by atoms with van der Waals surface area (Å²) in [5.74, 6) is 0. The van der Waals surface area contributed by atoms with Crippen molar-refractivity contribution in [3.8, 4) is 0 Å². The van der Waals surface area contributed by atoms with E-state index in [9.17, 15) is 0 Å². The summed E-state index contributed by atoms with van der Waals surface area (Å²) in [6.45, 7) is 8.61.